The number of carbonyl (C=O) groups excluding carboxylic acids is 4. The van der Waals surface area contributed by atoms with Gasteiger partial charge in [-0.25, -0.2) is 9.13 Å². The number of hydrogen-bond acceptors (Lipinski definition) is 15. The Hall–Kier alpha value is -3.76. The molecule has 98 heavy (non-hydrogen) atoms. The van der Waals surface area contributed by atoms with Crippen LogP contribution >= 0.6 is 15.6 Å². The minimum Gasteiger partial charge on any atom is -0.462 e. The van der Waals surface area contributed by atoms with Crippen LogP contribution in [0.5, 0.6) is 0 Å². The summed E-state index contributed by atoms with van der Waals surface area (Å²) >= 11 is 0. The largest absolute Gasteiger partial charge is 0.472 e. The van der Waals surface area contributed by atoms with E-state index in [1.807, 2.05) is 0 Å². The van der Waals surface area contributed by atoms with Crippen LogP contribution < -0.4 is 0 Å². The monoisotopic (exact) mass is 1420 g/mol. The lowest BCUT2D eigenvalue weighted by atomic mass is 10.0. The molecule has 0 aromatic heterocycles. The highest BCUT2D eigenvalue weighted by atomic mass is 31.2. The minimum absolute atomic E-state index is 0.0552. The van der Waals surface area contributed by atoms with E-state index in [1.165, 1.54) is 109 Å². The van der Waals surface area contributed by atoms with Gasteiger partial charge in [0.05, 0.1) is 26.4 Å². The molecular weight excluding hydrogens is 1280 g/mol. The van der Waals surface area contributed by atoms with Crippen LogP contribution in [-0.2, 0) is 65.4 Å². The van der Waals surface area contributed by atoms with Crippen LogP contribution in [0.2, 0.25) is 0 Å². The molecule has 568 valence electrons. The highest BCUT2D eigenvalue weighted by Crippen LogP contribution is 2.45. The van der Waals surface area contributed by atoms with E-state index in [1.54, 1.807) is 0 Å². The van der Waals surface area contributed by atoms with Crippen molar-refractivity contribution in [3.63, 3.8) is 0 Å². The van der Waals surface area contributed by atoms with Gasteiger partial charge in [-0.3, -0.25) is 37.3 Å². The molecule has 2 unspecified atom stereocenters. The fourth-order valence-corrected chi connectivity index (χ4v) is 12.0. The van der Waals surface area contributed by atoms with E-state index >= 15 is 0 Å². The second-order valence-electron chi connectivity index (χ2n) is 25.9. The van der Waals surface area contributed by atoms with Crippen molar-refractivity contribution in [2.45, 2.75) is 354 Å². The van der Waals surface area contributed by atoms with Gasteiger partial charge in [0, 0.05) is 25.7 Å². The number of phosphoric ester groups is 2. The molecule has 0 spiro atoms. The molecule has 0 saturated carbocycles. The number of unbranched alkanes of at least 4 members (excludes halogenated alkanes) is 33. The summed E-state index contributed by atoms with van der Waals surface area (Å²) in [5, 5.41) is 10.6. The Morgan fingerprint density at radius 3 is 0.847 bits per heavy atom. The zero-order valence-corrected chi connectivity index (χ0v) is 63.7. The van der Waals surface area contributed by atoms with Crippen LogP contribution in [-0.4, -0.2) is 96.7 Å². The van der Waals surface area contributed by atoms with E-state index in [4.69, 9.17) is 37.0 Å². The quantitative estimate of drug-likeness (QED) is 0.0169. The average molecular weight is 1420 g/mol. The number of phosphoric acid groups is 2. The predicted octanol–water partition coefficient (Wildman–Crippen LogP) is 22.2. The lowest BCUT2D eigenvalue weighted by molar-refractivity contribution is -0.161. The SMILES string of the molecule is CC/C=C\C/C=C\C/C=C\C/C=C\C/C=C\CCCCCC(=O)O[C@H](COC(=O)CCCCCCC/C=C\CCCCCC)COP(=O)(O)OC[C@@H](O)COP(=O)(O)OC[C@@H](COC(=O)CCCCCCCCCCCCCCC)OC(=O)CCCCCCC/C=C\CCCCCC. The molecule has 0 aromatic rings. The van der Waals surface area contributed by atoms with Gasteiger partial charge in [0.15, 0.2) is 12.2 Å². The van der Waals surface area contributed by atoms with Crippen LogP contribution in [0.1, 0.15) is 336 Å². The molecule has 0 rings (SSSR count). The Labute approximate surface area is 595 Å². The molecule has 0 heterocycles. The third-order valence-corrected chi connectivity index (χ3v) is 18.2. The lowest BCUT2D eigenvalue weighted by Crippen LogP contribution is -2.30. The number of carbonyl (C=O) groups is 4. The standard InChI is InChI=1S/C79H140O17P2/c1-5-9-13-17-21-25-29-33-34-35-36-37-38-42-46-50-54-58-62-66-79(84)96-75(70-90-77(82)64-60-56-52-48-44-40-31-27-23-19-15-11-7-3)72-94-98(87,88)92-68-73(80)67-91-97(85,86)93-71-74(95-78(83)65-61-57-53-49-45-41-32-28-24-20-16-12-8-4)69-89-76(81)63-59-55-51-47-43-39-30-26-22-18-14-10-6-2/h9,13,21,25,27-28,31-34,36-37,42,46,73-75,80H,5-8,10-12,14-20,22-24,26,29-30,35,38-41,43-45,47-72H2,1-4H3,(H,85,86)(H,87,88)/b13-9-,25-21-,31-27-,32-28-,34-33-,37-36-,46-42-/t73-,74+,75+/m0/s1. The summed E-state index contributed by atoms with van der Waals surface area (Å²) < 4.78 is 68.5. The maximum Gasteiger partial charge on any atom is 0.472 e. The summed E-state index contributed by atoms with van der Waals surface area (Å²) in [4.78, 5) is 72.8. The van der Waals surface area contributed by atoms with Gasteiger partial charge in [0.1, 0.15) is 19.3 Å². The second kappa shape index (κ2) is 71.6. The van der Waals surface area contributed by atoms with E-state index < -0.39 is 97.5 Å². The highest BCUT2D eigenvalue weighted by Gasteiger charge is 2.30. The molecule has 5 atom stereocenters. The van der Waals surface area contributed by atoms with Crippen molar-refractivity contribution in [2.75, 3.05) is 39.6 Å². The molecule has 19 heteroatoms. The van der Waals surface area contributed by atoms with E-state index in [0.29, 0.717) is 25.7 Å². The van der Waals surface area contributed by atoms with Crippen molar-refractivity contribution < 1.29 is 80.2 Å². The van der Waals surface area contributed by atoms with Gasteiger partial charge in [0.2, 0.25) is 0 Å². The molecule has 0 aliphatic rings. The number of esters is 4. The number of allylic oxidation sites excluding steroid dienone is 14. The van der Waals surface area contributed by atoms with Crippen molar-refractivity contribution in [1.82, 2.24) is 0 Å². The lowest BCUT2D eigenvalue weighted by Gasteiger charge is -2.21. The van der Waals surface area contributed by atoms with Crippen LogP contribution in [0.15, 0.2) is 85.1 Å². The zero-order chi connectivity index (χ0) is 71.8. The first-order valence-corrected chi connectivity index (χ1v) is 41.8. The molecule has 0 aliphatic heterocycles. The van der Waals surface area contributed by atoms with Crippen molar-refractivity contribution >= 4 is 39.5 Å². The Morgan fingerprint density at radius 2 is 0.531 bits per heavy atom. The van der Waals surface area contributed by atoms with E-state index in [2.05, 4.69) is 113 Å². The first-order valence-electron chi connectivity index (χ1n) is 38.8. The predicted molar refractivity (Wildman–Crippen MR) is 399 cm³/mol. The zero-order valence-electron chi connectivity index (χ0n) is 62.0. The van der Waals surface area contributed by atoms with Crippen molar-refractivity contribution in [3.05, 3.63) is 85.1 Å². The summed E-state index contributed by atoms with van der Waals surface area (Å²) in [6.45, 7) is 4.71. The number of hydrogen-bond donors (Lipinski definition) is 3. The first kappa shape index (κ1) is 94.2. The summed E-state index contributed by atoms with van der Waals surface area (Å²) in [5.74, 6) is -2.21. The Morgan fingerprint density at radius 1 is 0.296 bits per heavy atom. The molecule has 0 bridgehead atoms. The fraction of sp³-hybridized carbons (Fsp3) is 0.772. The third kappa shape index (κ3) is 70.7. The van der Waals surface area contributed by atoms with Gasteiger partial charge >= 0.3 is 39.5 Å². The average Bonchev–Trinajstić information content (AvgIpc) is 0.982. The van der Waals surface area contributed by atoms with Crippen molar-refractivity contribution in [1.29, 1.82) is 0 Å². The first-order chi connectivity index (χ1) is 47.7. The maximum absolute atomic E-state index is 13.1. The van der Waals surface area contributed by atoms with Crippen LogP contribution in [0.3, 0.4) is 0 Å². The van der Waals surface area contributed by atoms with Gasteiger partial charge in [0.25, 0.3) is 0 Å². The Kier molecular flexibility index (Phi) is 68.9. The van der Waals surface area contributed by atoms with Gasteiger partial charge in [-0.1, -0.05) is 273 Å². The molecule has 3 N–H and O–H groups in total. The maximum atomic E-state index is 13.1. The molecule has 0 radical (unpaired) electrons. The van der Waals surface area contributed by atoms with Gasteiger partial charge in [-0.15, -0.1) is 0 Å². The van der Waals surface area contributed by atoms with Crippen LogP contribution in [0.25, 0.3) is 0 Å². The van der Waals surface area contributed by atoms with E-state index in [0.717, 1.165) is 148 Å². The van der Waals surface area contributed by atoms with Crippen LogP contribution in [0.4, 0.5) is 0 Å². The topological polar surface area (TPSA) is 237 Å². The molecule has 0 amide bonds. The Bertz CT molecular complexity index is 2190. The highest BCUT2D eigenvalue weighted by molar-refractivity contribution is 7.47. The number of ether oxygens (including phenoxy) is 4. The minimum atomic E-state index is -4.98. The van der Waals surface area contributed by atoms with Crippen molar-refractivity contribution in [2.24, 2.45) is 0 Å². The Balaban J connectivity index is 5.37. The van der Waals surface area contributed by atoms with Gasteiger partial charge < -0.3 is 33.8 Å². The number of rotatable bonds is 73. The second-order valence-corrected chi connectivity index (χ2v) is 28.8. The number of aliphatic hydroxyl groups is 1. The smallest absolute Gasteiger partial charge is 0.462 e. The molecule has 0 aromatic carbocycles. The molecule has 0 aliphatic carbocycles. The summed E-state index contributed by atoms with van der Waals surface area (Å²) in [6, 6.07) is 0. The van der Waals surface area contributed by atoms with Gasteiger partial charge in [-0.2, -0.15) is 0 Å². The van der Waals surface area contributed by atoms with E-state index in [9.17, 15) is 43.2 Å². The number of aliphatic hydroxyl groups excluding tert-OH is 1. The summed E-state index contributed by atoms with van der Waals surface area (Å²) in [7, 11) is -9.95. The molecule has 0 fully saturated rings. The third-order valence-electron chi connectivity index (χ3n) is 16.3. The molecule has 17 nitrogen and oxygen atoms in total. The molecule has 0 saturated heterocycles. The summed E-state index contributed by atoms with van der Waals surface area (Å²) in [6.07, 6.45) is 72.8. The fourth-order valence-electron chi connectivity index (χ4n) is 10.4. The van der Waals surface area contributed by atoms with Crippen molar-refractivity contribution in [3.8, 4) is 0 Å². The summed E-state index contributed by atoms with van der Waals surface area (Å²) in [5.41, 5.74) is 0. The van der Waals surface area contributed by atoms with Crippen LogP contribution in [0, 0.1) is 0 Å². The van der Waals surface area contributed by atoms with Gasteiger partial charge in [-0.05, 0) is 122 Å². The normalized spacial score (nSPS) is 14.4. The molecular formula is C79H140O17P2. The van der Waals surface area contributed by atoms with E-state index in [-0.39, 0.29) is 25.7 Å².